The molecule has 1 amide bonds. The van der Waals surface area contributed by atoms with Gasteiger partial charge in [0.15, 0.2) is 0 Å². The van der Waals surface area contributed by atoms with Crippen molar-refractivity contribution in [3.05, 3.63) is 11.9 Å². The number of hydrogen-bond acceptors (Lipinski definition) is 4. The van der Waals surface area contributed by atoms with Gasteiger partial charge in [0.05, 0.1) is 36.7 Å². The smallest absolute Gasteiger partial charge is 0.253 e. The summed E-state index contributed by atoms with van der Waals surface area (Å²) < 4.78 is 12.6. The van der Waals surface area contributed by atoms with E-state index in [-0.39, 0.29) is 18.1 Å². The molecule has 2 atom stereocenters. The molecule has 104 valence electrons. The van der Waals surface area contributed by atoms with Crippen LogP contribution in [0.15, 0.2) is 6.20 Å². The Morgan fingerprint density at radius 2 is 2.26 bits per heavy atom. The van der Waals surface area contributed by atoms with Crippen molar-refractivity contribution in [2.75, 3.05) is 18.5 Å². The van der Waals surface area contributed by atoms with Crippen LogP contribution < -0.4 is 5.32 Å². The molecule has 0 aliphatic carbocycles. The molecule has 6 heteroatoms. The summed E-state index contributed by atoms with van der Waals surface area (Å²) in [5, 5.41) is 7.32. The van der Waals surface area contributed by atoms with Crippen LogP contribution in [0.3, 0.4) is 0 Å². The molecule has 2 aliphatic heterocycles. The quantitative estimate of drug-likeness (QED) is 0.893. The number of aromatic nitrogens is 2. The average molecular weight is 265 g/mol. The lowest BCUT2D eigenvalue weighted by Crippen LogP contribution is -2.31. The lowest BCUT2D eigenvalue weighted by Gasteiger charge is -2.25. The third kappa shape index (κ3) is 2.50. The topological polar surface area (TPSA) is 65.4 Å². The Hall–Kier alpha value is -1.40. The molecule has 0 radical (unpaired) electrons. The van der Waals surface area contributed by atoms with E-state index in [1.54, 1.807) is 0 Å². The van der Waals surface area contributed by atoms with Gasteiger partial charge >= 0.3 is 0 Å². The highest BCUT2D eigenvalue weighted by atomic mass is 16.5. The van der Waals surface area contributed by atoms with Gasteiger partial charge in [-0.05, 0) is 26.7 Å². The van der Waals surface area contributed by atoms with Crippen LogP contribution in [-0.2, 0) is 14.3 Å². The first-order valence-electron chi connectivity index (χ1n) is 6.73. The monoisotopic (exact) mass is 265 g/mol. The summed E-state index contributed by atoms with van der Waals surface area (Å²) in [4.78, 5) is 12.1. The molecule has 6 nitrogen and oxygen atoms in total. The molecule has 0 bridgehead atoms. The van der Waals surface area contributed by atoms with Gasteiger partial charge in [-0.25, -0.2) is 0 Å². The zero-order valence-corrected chi connectivity index (χ0v) is 11.3. The van der Waals surface area contributed by atoms with E-state index in [9.17, 15) is 4.79 Å². The number of ether oxygens (including phenoxy) is 2. The summed E-state index contributed by atoms with van der Waals surface area (Å²) in [5.74, 6) is -0.0724. The molecule has 3 heterocycles. The summed E-state index contributed by atoms with van der Waals surface area (Å²) in [6, 6.07) is 0.298. The normalized spacial score (nSPS) is 27.3. The Balaban J connectivity index is 1.65. The number of carbonyl (C=O) groups is 1. The number of amides is 1. The molecule has 1 aromatic rings. The van der Waals surface area contributed by atoms with E-state index in [2.05, 4.69) is 10.4 Å². The van der Waals surface area contributed by atoms with E-state index in [1.165, 1.54) is 0 Å². The summed E-state index contributed by atoms with van der Waals surface area (Å²) in [6.07, 6.45) is 3.45. The molecule has 2 saturated heterocycles. The second kappa shape index (κ2) is 4.94. The number of rotatable bonds is 3. The standard InChI is InChI=1S/C13H19N3O3/c1-8-3-4-12(19-8)13(17)14-11-5-16(15-9(11)2)10-6-18-7-10/h5,8,10,12H,3-4,6-7H2,1-2H3,(H,14,17). The molecule has 2 unspecified atom stereocenters. The first-order valence-corrected chi connectivity index (χ1v) is 6.73. The summed E-state index contributed by atoms with van der Waals surface area (Å²) in [6.45, 7) is 5.27. The average Bonchev–Trinajstić information content (AvgIpc) is 2.84. The maximum atomic E-state index is 12.1. The summed E-state index contributed by atoms with van der Waals surface area (Å²) in [7, 11) is 0. The van der Waals surface area contributed by atoms with Gasteiger partial charge in [-0.15, -0.1) is 0 Å². The van der Waals surface area contributed by atoms with Gasteiger partial charge in [0.1, 0.15) is 6.10 Å². The number of anilines is 1. The van der Waals surface area contributed by atoms with Crippen LogP contribution in [-0.4, -0.2) is 41.1 Å². The minimum absolute atomic E-state index is 0.0724. The van der Waals surface area contributed by atoms with E-state index in [1.807, 2.05) is 24.7 Å². The van der Waals surface area contributed by atoms with Gasteiger partial charge in [-0.1, -0.05) is 0 Å². The van der Waals surface area contributed by atoms with E-state index < -0.39 is 0 Å². The lowest BCUT2D eigenvalue weighted by atomic mass is 10.2. The van der Waals surface area contributed by atoms with Crippen LogP contribution in [0.2, 0.25) is 0 Å². The first kappa shape index (κ1) is 12.6. The molecule has 19 heavy (non-hydrogen) atoms. The minimum atomic E-state index is -0.329. The van der Waals surface area contributed by atoms with Crippen molar-refractivity contribution in [3.8, 4) is 0 Å². The number of nitrogens with zero attached hydrogens (tertiary/aromatic N) is 2. The second-order valence-corrected chi connectivity index (χ2v) is 5.30. The molecule has 1 aromatic heterocycles. The second-order valence-electron chi connectivity index (χ2n) is 5.30. The third-order valence-electron chi connectivity index (χ3n) is 3.69. The minimum Gasteiger partial charge on any atom is -0.377 e. The van der Waals surface area contributed by atoms with E-state index >= 15 is 0 Å². The number of aryl methyl sites for hydroxylation is 1. The SMILES string of the molecule is Cc1nn(C2COC2)cc1NC(=O)C1CCC(C)O1. The highest BCUT2D eigenvalue weighted by molar-refractivity contribution is 5.94. The fourth-order valence-electron chi connectivity index (χ4n) is 2.38. The van der Waals surface area contributed by atoms with Gasteiger partial charge in [-0.3, -0.25) is 9.48 Å². The Morgan fingerprint density at radius 3 is 2.84 bits per heavy atom. The predicted octanol–water partition coefficient (Wildman–Crippen LogP) is 1.27. The van der Waals surface area contributed by atoms with Gasteiger partial charge < -0.3 is 14.8 Å². The molecule has 2 fully saturated rings. The highest BCUT2D eigenvalue weighted by Gasteiger charge is 2.29. The fraction of sp³-hybridized carbons (Fsp3) is 0.692. The molecule has 3 rings (SSSR count). The van der Waals surface area contributed by atoms with Crippen molar-refractivity contribution < 1.29 is 14.3 Å². The largest absolute Gasteiger partial charge is 0.377 e. The Labute approximate surface area is 112 Å². The van der Waals surface area contributed by atoms with Gasteiger partial charge in [-0.2, -0.15) is 5.10 Å². The number of hydrogen-bond donors (Lipinski definition) is 1. The Bertz CT molecular complexity index is 481. The van der Waals surface area contributed by atoms with Crippen LogP contribution >= 0.6 is 0 Å². The Morgan fingerprint density at radius 1 is 1.47 bits per heavy atom. The summed E-state index contributed by atoms with van der Waals surface area (Å²) >= 11 is 0. The lowest BCUT2D eigenvalue weighted by molar-refractivity contribution is -0.126. The molecule has 2 aliphatic rings. The molecular formula is C13H19N3O3. The highest BCUT2D eigenvalue weighted by Crippen LogP contribution is 2.23. The molecule has 0 spiro atoms. The fourth-order valence-corrected chi connectivity index (χ4v) is 2.38. The van der Waals surface area contributed by atoms with Gasteiger partial charge in [0.2, 0.25) is 0 Å². The van der Waals surface area contributed by atoms with Crippen LogP contribution in [0.1, 0.15) is 31.5 Å². The van der Waals surface area contributed by atoms with Crippen LogP contribution in [0.4, 0.5) is 5.69 Å². The zero-order valence-electron chi connectivity index (χ0n) is 11.3. The summed E-state index contributed by atoms with van der Waals surface area (Å²) in [5.41, 5.74) is 1.59. The van der Waals surface area contributed by atoms with Gasteiger partial charge in [0, 0.05) is 6.20 Å². The van der Waals surface area contributed by atoms with Crippen LogP contribution in [0.25, 0.3) is 0 Å². The first-order chi connectivity index (χ1) is 9.13. The molecule has 0 saturated carbocycles. The molecular weight excluding hydrogens is 246 g/mol. The van der Waals surface area contributed by atoms with Crippen molar-refractivity contribution in [1.82, 2.24) is 9.78 Å². The van der Waals surface area contributed by atoms with Crippen molar-refractivity contribution in [2.45, 2.75) is 44.9 Å². The third-order valence-corrected chi connectivity index (χ3v) is 3.69. The van der Waals surface area contributed by atoms with Crippen molar-refractivity contribution >= 4 is 11.6 Å². The van der Waals surface area contributed by atoms with E-state index in [0.29, 0.717) is 19.3 Å². The molecule has 1 N–H and O–H groups in total. The zero-order chi connectivity index (χ0) is 13.4. The maximum absolute atomic E-state index is 12.1. The van der Waals surface area contributed by atoms with Crippen molar-refractivity contribution in [3.63, 3.8) is 0 Å². The number of carbonyl (C=O) groups excluding carboxylic acids is 1. The molecule has 0 aromatic carbocycles. The number of nitrogens with one attached hydrogen (secondary N) is 1. The van der Waals surface area contributed by atoms with E-state index in [0.717, 1.165) is 24.2 Å². The maximum Gasteiger partial charge on any atom is 0.253 e. The van der Waals surface area contributed by atoms with Gasteiger partial charge in [0.25, 0.3) is 5.91 Å². The predicted molar refractivity (Wildman–Crippen MR) is 69.0 cm³/mol. The van der Waals surface area contributed by atoms with Crippen molar-refractivity contribution in [2.24, 2.45) is 0 Å². The van der Waals surface area contributed by atoms with E-state index in [4.69, 9.17) is 9.47 Å². The Kier molecular flexibility index (Phi) is 3.28. The van der Waals surface area contributed by atoms with Crippen LogP contribution in [0.5, 0.6) is 0 Å². The van der Waals surface area contributed by atoms with Crippen LogP contribution in [0, 0.1) is 6.92 Å². The van der Waals surface area contributed by atoms with Crippen molar-refractivity contribution in [1.29, 1.82) is 0 Å².